The smallest absolute Gasteiger partial charge is 0.0358 e. The van der Waals surface area contributed by atoms with Gasteiger partial charge < -0.3 is 15.5 Å². The monoisotopic (exact) mass is 282 g/mol. The van der Waals surface area contributed by atoms with E-state index in [2.05, 4.69) is 42.6 Å². The Morgan fingerprint density at radius 2 is 1.90 bits per heavy atom. The van der Waals surface area contributed by atoms with Crippen molar-refractivity contribution in [3.63, 3.8) is 0 Å². The molecule has 4 nitrogen and oxygen atoms in total. The Balaban J connectivity index is 2.00. The van der Waals surface area contributed by atoms with Gasteiger partial charge in [-0.1, -0.05) is 6.92 Å². The summed E-state index contributed by atoms with van der Waals surface area (Å²) in [5, 5.41) is 0. The van der Waals surface area contributed by atoms with Gasteiger partial charge in [-0.2, -0.15) is 0 Å². The van der Waals surface area contributed by atoms with Crippen LogP contribution >= 0.6 is 0 Å². The van der Waals surface area contributed by atoms with E-state index >= 15 is 0 Å². The summed E-state index contributed by atoms with van der Waals surface area (Å²) in [6.45, 7) is 10.3. The van der Waals surface area contributed by atoms with Crippen molar-refractivity contribution in [2.24, 2.45) is 5.73 Å². The minimum absolute atomic E-state index is 0.227. The number of likely N-dealkylation sites (N-methyl/N-ethyl adjacent to an activating group) is 1. The highest BCUT2D eigenvalue weighted by atomic mass is 15.3. The first kappa shape index (κ1) is 16.2. The first-order chi connectivity index (χ1) is 9.52. The van der Waals surface area contributed by atoms with Crippen LogP contribution in [-0.2, 0) is 0 Å². The van der Waals surface area contributed by atoms with Crippen molar-refractivity contribution in [2.45, 2.75) is 57.2 Å². The molecular formula is C16H34N4. The van der Waals surface area contributed by atoms with Gasteiger partial charge in [0.15, 0.2) is 0 Å². The lowest BCUT2D eigenvalue weighted by atomic mass is 9.80. The van der Waals surface area contributed by atoms with Crippen molar-refractivity contribution in [2.75, 3.05) is 46.8 Å². The molecule has 2 aliphatic heterocycles. The average molecular weight is 282 g/mol. The lowest BCUT2D eigenvalue weighted by Crippen LogP contribution is -2.63. The third kappa shape index (κ3) is 3.19. The van der Waals surface area contributed by atoms with Gasteiger partial charge in [-0.3, -0.25) is 4.90 Å². The number of likely N-dealkylation sites (tertiary alicyclic amines) is 2. The summed E-state index contributed by atoms with van der Waals surface area (Å²) in [5.74, 6) is 0. The summed E-state index contributed by atoms with van der Waals surface area (Å²) in [7, 11) is 4.57. The maximum absolute atomic E-state index is 6.24. The molecular weight excluding hydrogens is 248 g/mol. The zero-order valence-electron chi connectivity index (χ0n) is 13.9. The molecule has 4 heteroatoms. The fraction of sp³-hybridized carbons (Fsp3) is 1.00. The molecule has 0 aromatic heterocycles. The largest absolute Gasteiger partial charge is 0.329 e. The first-order valence-electron chi connectivity index (χ1n) is 8.38. The molecule has 0 aliphatic carbocycles. The molecule has 2 aliphatic rings. The van der Waals surface area contributed by atoms with Crippen molar-refractivity contribution in [1.82, 2.24) is 14.7 Å². The summed E-state index contributed by atoms with van der Waals surface area (Å²) < 4.78 is 0. The van der Waals surface area contributed by atoms with E-state index in [0.29, 0.717) is 6.04 Å². The van der Waals surface area contributed by atoms with Crippen LogP contribution in [0.3, 0.4) is 0 Å². The fourth-order valence-corrected chi connectivity index (χ4v) is 4.07. The maximum Gasteiger partial charge on any atom is 0.0358 e. The molecule has 0 bridgehead atoms. The van der Waals surface area contributed by atoms with E-state index in [-0.39, 0.29) is 5.54 Å². The normalized spacial score (nSPS) is 34.8. The minimum atomic E-state index is 0.227. The fourth-order valence-electron chi connectivity index (χ4n) is 4.07. The van der Waals surface area contributed by atoms with Crippen molar-refractivity contribution in [3.05, 3.63) is 0 Å². The van der Waals surface area contributed by atoms with E-state index in [1.54, 1.807) is 0 Å². The van der Waals surface area contributed by atoms with Gasteiger partial charge in [0, 0.05) is 24.2 Å². The maximum atomic E-state index is 6.24. The van der Waals surface area contributed by atoms with Gasteiger partial charge in [0.1, 0.15) is 0 Å². The summed E-state index contributed by atoms with van der Waals surface area (Å²) in [6, 6.07) is 1.36. The second-order valence-electron chi connectivity index (χ2n) is 6.99. The molecule has 0 radical (unpaired) electrons. The van der Waals surface area contributed by atoms with Crippen LogP contribution in [0.1, 0.15) is 39.5 Å². The van der Waals surface area contributed by atoms with Gasteiger partial charge in [0.2, 0.25) is 0 Å². The Labute approximate surface area is 125 Å². The predicted molar refractivity (Wildman–Crippen MR) is 86.0 cm³/mol. The van der Waals surface area contributed by atoms with Gasteiger partial charge in [0.25, 0.3) is 0 Å². The Hall–Kier alpha value is -0.160. The van der Waals surface area contributed by atoms with Crippen LogP contribution in [-0.4, -0.2) is 79.1 Å². The molecule has 118 valence electrons. The van der Waals surface area contributed by atoms with Gasteiger partial charge in [0.05, 0.1) is 0 Å². The van der Waals surface area contributed by atoms with E-state index in [4.69, 9.17) is 5.73 Å². The quantitative estimate of drug-likeness (QED) is 0.841. The zero-order valence-corrected chi connectivity index (χ0v) is 13.9. The zero-order chi connectivity index (χ0) is 14.8. The molecule has 2 unspecified atom stereocenters. The van der Waals surface area contributed by atoms with E-state index in [1.165, 1.54) is 51.9 Å². The highest BCUT2D eigenvalue weighted by Crippen LogP contribution is 2.33. The highest BCUT2D eigenvalue weighted by molar-refractivity contribution is 5.00. The molecule has 2 atom stereocenters. The summed E-state index contributed by atoms with van der Waals surface area (Å²) in [5.41, 5.74) is 6.46. The minimum Gasteiger partial charge on any atom is -0.329 e. The Bertz CT molecular complexity index is 301. The Morgan fingerprint density at radius 3 is 2.40 bits per heavy atom. The molecule has 0 aromatic rings. The SMILES string of the molecule is CCN1CCC(N(C)C2(CN)CCN(C)C(C)C2)CC1. The third-order valence-electron chi connectivity index (χ3n) is 6.04. The van der Waals surface area contributed by atoms with Crippen LogP contribution in [0.2, 0.25) is 0 Å². The van der Waals surface area contributed by atoms with Crippen molar-refractivity contribution in [3.8, 4) is 0 Å². The molecule has 2 fully saturated rings. The van der Waals surface area contributed by atoms with Gasteiger partial charge in [-0.25, -0.2) is 0 Å². The molecule has 2 rings (SSSR count). The summed E-state index contributed by atoms with van der Waals surface area (Å²) in [4.78, 5) is 7.70. The van der Waals surface area contributed by atoms with Crippen molar-refractivity contribution in [1.29, 1.82) is 0 Å². The second-order valence-corrected chi connectivity index (χ2v) is 6.99. The van der Waals surface area contributed by atoms with E-state index in [1.807, 2.05) is 0 Å². The van der Waals surface area contributed by atoms with Crippen LogP contribution in [0.5, 0.6) is 0 Å². The highest BCUT2D eigenvalue weighted by Gasteiger charge is 2.42. The Morgan fingerprint density at radius 1 is 1.25 bits per heavy atom. The molecule has 2 heterocycles. The molecule has 2 N–H and O–H groups in total. The first-order valence-corrected chi connectivity index (χ1v) is 8.38. The molecule has 0 spiro atoms. The standard InChI is InChI=1S/C16H34N4/c1-5-20-9-6-15(7-10-20)19(4)16(13-17)8-11-18(3)14(2)12-16/h14-15H,5-13,17H2,1-4H3. The topological polar surface area (TPSA) is 35.7 Å². The van der Waals surface area contributed by atoms with Crippen molar-refractivity contribution >= 4 is 0 Å². The van der Waals surface area contributed by atoms with Gasteiger partial charge in [-0.05, 0) is 72.9 Å². The van der Waals surface area contributed by atoms with E-state index in [0.717, 1.165) is 12.6 Å². The van der Waals surface area contributed by atoms with Crippen LogP contribution in [0.15, 0.2) is 0 Å². The van der Waals surface area contributed by atoms with Crippen LogP contribution in [0.4, 0.5) is 0 Å². The number of piperidine rings is 2. The van der Waals surface area contributed by atoms with Crippen LogP contribution < -0.4 is 5.73 Å². The second kappa shape index (κ2) is 6.73. The molecule has 0 aromatic carbocycles. The molecule has 0 saturated carbocycles. The number of hydrogen-bond donors (Lipinski definition) is 1. The lowest BCUT2D eigenvalue weighted by molar-refractivity contribution is -0.0153. The van der Waals surface area contributed by atoms with Gasteiger partial charge in [-0.15, -0.1) is 0 Å². The number of nitrogens with zero attached hydrogens (tertiary/aromatic N) is 3. The van der Waals surface area contributed by atoms with Gasteiger partial charge >= 0.3 is 0 Å². The summed E-state index contributed by atoms with van der Waals surface area (Å²) in [6.07, 6.45) is 5.03. The van der Waals surface area contributed by atoms with E-state index in [9.17, 15) is 0 Å². The molecule has 2 saturated heterocycles. The number of nitrogens with two attached hydrogens (primary N) is 1. The number of hydrogen-bond acceptors (Lipinski definition) is 4. The molecule has 0 amide bonds. The number of rotatable bonds is 4. The predicted octanol–water partition coefficient (Wildman–Crippen LogP) is 1.21. The van der Waals surface area contributed by atoms with E-state index < -0.39 is 0 Å². The lowest BCUT2D eigenvalue weighted by Gasteiger charge is -2.52. The van der Waals surface area contributed by atoms with Crippen LogP contribution in [0, 0.1) is 0 Å². The van der Waals surface area contributed by atoms with Crippen molar-refractivity contribution < 1.29 is 0 Å². The molecule has 20 heavy (non-hydrogen) atoms. The average Bonchev–Trinajstić information content (AvgIpc) is 2.49. The van der Waals surface area contributed by atoms with Crippen LogP contribution in [0.25, 0.3) is 0 Å². The Kier molecular flexibility index (Phi) is 5.46. The third-order valence-corrected chi connectivity index (χ3v) is 6.04. The summed E-state index contributed by atoms with van der Waals surface area (Å²) >= 11 is 0.